The molecule has 0 aliphatic carbocycles. The Hall–Kier alpha value is -2.18. The zero-order chi connectivity index (χ0) is 16.9. The number of benzene rings is 1. The molecule has 0 heterocycles. The molecule has 0 aromatic heterocycles. The quantitative estimate of drug-likeness (QED) is 0.810. The Morgan fingerprint density at radius 1 is 1.27 bits per heavy atom. The average molecular weight is 315 g/mol. The molecule has 7 heteroatoms. The van der Waals surface area contributed by atoms with Gasteiger partial charge in [-0.3, -0.25) is 4.79 Å². The maximum atomic E-state index is 13.1. The molecule has 2 N–H and O–H groups in total. The number of halogens is 2. The maximum Gasteiger partial charge on any atom is 0.326 e. The highest BCUT2D eigenvalue weighted by Gasteiger charge is 2.27. The molecule has 1 rings (SSSR count). The number of carbonyl (C=O) groups excluding carboxylic acids is 1. The van der Waals surface area contributed by atoms with Crippen LogP contribution in [0.25, 0.3) is 0 Å². The number of rotatable bonds is 7. The van der Waals surface area contributed by atoms with Crippen LogP contribution >= 0.6 is 0 Å². The maximum absolute atomic E-state index is 13.1. The monoisotopic (exact) mass is 315 g/mol. The van der Waals surface area contributed by atoms with Crippen LogP contribution in [0.2, 0.25) is 0 Å². The molecule has 0 saturated heterocycles. The van der Waals surface area contributed by atoms with Gasteiger partial charge in [0.15, 0.2) is 17.7 Å². The third kappa shape index (κ3) is 4.68. The highest BCUT2D eigenvalue weighted by Crippen LogP contribution is 2.17. The molecule has 1 amide bonds. The predicted octanol–water partition coefficient (Wildman–Crippen LogP) is 2.35. The van der Waals surface area contributed by atoms with Crippen molar-refractivity contribution in [2.24, 2.45) is 5.92 Å². The molecule has 0 aliphatic rings. The van der Waals surface area contributed by atoms with Crippen molar-refractivity contribution in [3.8, 4) is 5.75 Å². The lowest BCUT2D eigenvalue weighted by atomic mass is 9.99. The second kappa shape index (κ2) is 7.72. The van der Waals surface area contributed by atoms with E-state index in [2.05, 4.69) is 5.32 Å². The van der Waals surface area contributed by atoms with Crippen molar-refractivity contribution in [2.45, 2.75) is 39.3 Å². The Balaban J connectivity index is 2.71. The molecule has 1 aromatic rings. The molecule has 1 aromatic carbocycles. The lowest BCUT2D eigenvalue weighted by Crippen LogP contribution is -2.49. The van der Waals surface area contributed by atoms with Gasteiger partial charge in [-0.2, -0.15) is 0 Å². The summed E-state index contributed by atoms with van der Waals surface area (Å²) in [7, 11) is 0. The van der Waals surface area contributed by atoms with Crippen LogP contribution in [0, 0.1) is 17.6 Å². The van der Waals surface area contributed by atoms with Crippen LogP contribution in [0.3, 0.4) is 0 Å². The fourth-order valence-electron chi connectivity index (χ4n) is 1.76. The topological polar surface area (TPSA) is 75.6 Å². The van der Waals surface area contributed by atoms with E-state index >= 15 is 0 Å². The molecule has 5 nitrogen and oxygen atoms in total. The second-order valence-electron chi connectivity index (χ2n) is 5.05. The minimum Gasteiger partial charge on any atom is -0.481 e. The van der Waals surface area contributed by atoms with E-state index in [0.29, 0.717) is 6.42 Å². The summed E-state index contributed by atoms with van der Waals surface area (Å²) in [5.74, 6) is -4.16. The third-order valence-corrected chi connectivity index (χ3v) is 3.35. The number of aliphatic carboxylic acids is 1. The van der Waals surface area contributed by atoms with Gasteiger partial charge in [0.2, 0.25) is 0 Å². The summed E-state index contributed by atoms with van der Waals surface area (Å²) >= 11 is 0. The molecule has 0 saturated carbocycles. The highest BCUT2D eigenvalue weighted by atomic mass is 19.2. The van der Waals surface area contributed by atoms with Crippen molar-refractivity contribution in [1.29, 1.82) is 0 Å². The van der Waals surface area contributed by atoms with Crippen molar-refractivity contribution in [3.63, 3.8) is 0 Å². The van der Waals surface area contributed by atoms with Crippen molar-refractivity contribution < 1.29 is 28.2 Å². The van der Waals surface area contributed by atoms with Gasteiger partial charge in [0, 0.05) is 6.07 Å². The van der Waals surface area contributed by atoms with Crippen molar-refractivity contribution in [3.05, 3.63) is 29.8 Å². The number of ether oxygens (including phenoxy) is 1. The smallest absolute Gasteiger partial charge is 0.326 e. The Morgan fingerprint density at radius 3 is 2.41 bits per heavy atom. The Bertz CT molecular complexity index is 550. The first-order chi connectivity index (χ1) is 10.3. The zero-order valence-electron chi connectivity index (χ0n) is 12.6. The second-order valence-corrected chi connectivity index (χ2v) is 5.05. The van der Waals surface area contributed by atoms with Crippen LogP contribution in [0.4, 0.5) is 8.78 Å². The number of hydrogen-bond donors (Lipinski definition) is 2. The molecule has 0 fully saturated rings. The van der Waals surface area contributed by atoms with E-state index < -0.39 is 35.7 Å². The van der Waals surface area contributed by atoms with Gasteiger partial charge in [0.05, 0.1) is 0 Å². The van der Waals surface area contributed by atoms with Crippen molar-refractivity contribution in [1.82, 2.24) is 5.32 Å². The number of carbonyl (C=O) groups is 2. The Morgan fingerprint density at radius 2 is 1.91 bits per heavy atom. The molecular formula is C15H19F2NO4. The summed E-state index contributed by atoms with van der Waals surface area (Å²) in [5.41, 5.74) is 0. The average Bonchev–Trinajstić information content (AvgIpc) is 2.47. The van der Waals surface area contributed by atoms with Crippen LogP contribution in [-0.2, 0) is 9.59 Å². The molecule has 122 valence electrons. The number of hydrogen-bond acceptors (Lipinski definition) is 3. The predicted molar refractivity (Wildman–Crippen MR) is 75.5 cm³/mol. The van der Waals surface area contributed by atoms with E-state index in [1.54, 1.807) is 6.92 Å². The summed E-state index contributed by atoms with van der Waals surface area (Å²) in [6, 6.07) is 1.86. The molecule has 3 atom stereocenters. The minimum absolute atomic E-state index is 0.0167. The van der Waals surface area contributed by atoms with Crippen LogP contribution in [0.15, 0.2) is 18.2 Å². The number of nitrogens with one attached hydrogen (secondary N) is 1. The summed E-state index contributed by atoms with van der Waals surface area (Å²) in [6.45, 7) is 4.92. The van der Waals surface area contributed by atoms with E-state index in [1.165, 1.54) is 13.0 Å². The van der Waals surface area contributed by atoms with E-state index in [9.17, 15) is 18.4 Å². The molecule has 0 aliphatic heterocycles. The third-order valence-electron chi connectivity index (χ3n) is 3.35. The fraction of sp³-hybridized carbons (Fsp3) is 0.467. The lowest BCUT2D eigenvalue weighted by molar-refractivity contribution is -0.144. The van der Waals surface area contributed by atoms with Gasteiger partial charge in [0.1, 0.15) is 11.8 Å². The summed E-state index contributed by atoms with van der Waals surface area (Å²) in [5, 5.41) is 11.5. The van der Waals surface area contributed by atoms with Crippen LogP contribution in [0.5, 0.6) is 5.75 Å². The molecule has 22 heavy (non-hydrogen) atoms. The van der Waals surface area contributed by atoms with E-state index in [4.69, 9.17) is 9.84 Å². The first kappa shape index (κ1) is 17.9. The van der Waals surface area contributed by atoms with Crippen LogP contribution in [0.1, 0.15) is 27.2 Å². The van der Waals surface area contributed by atoms with Gasteiger partial charge in [-0.1, -0.05) is 20.3 Å². The van der Waals surface area contributed by atoms with E-state index in [0.717, 1.165) is 12.1 Å². The van der Waals surface area contributed by atoms with Gasteiger partial charge >= 0.3 is 5.97 Å². The summed E-state index contributed by atoms with van der Waals surface area (Å²) in [4.78, 5) is 23.1. The Labute approximate surface area is 127 Å². The summed E-state index contributed by atoms with van der Waals surface area (Å²) < 4.78 is 31.1. The summed E-state index contributed by atoms with van der Waals surface area (Å²) in [6.07, 6.45) is -0.467. The minimum atomic E-state index is -1.14. The van der Waals surface area contributed by atoms with Crippen LogP contribution < -0.4 is 10.1 Å². The Kier molecular flexibility index (Phi) is 6.27. The van der Waals surface area contributed by atoms with Gasteiger partial charge < -0.3 is 15.2 Å². The molecule has 0 spiro atoms. The normalized spacial score (nSPS) is 14.8. The van der Waals surface area contributed by atoms with Gasteiger partial charge in [-0.05, 0) is 25.0 Å². The molecule has 1 unspecified atom stereocenters. The van der Waals surface area contributed by atoms with Gasteiger partial charge in [-0.25, -0.2) is 13.6 Å². The van der Waals surface area contributed by atoms with Gasteiger partial charge in [-0.15, -0.1) is 0 Å². The SMILES string of the molecule is CC[C@H](C)[C@H](NC(=O)C(C)Oc1ccc(F)c(F)c1)C(=O)O. The van der Waals surface area contributed by atoms with Gasteiger partial charge in [0.25, 0.3) is 5.91 Å². The number of amides is 1. The number of carboxylic acids is 1. The standard InChI is InChI=1S/C15H19F2NO4/c1-4-8(2)13(15(20)21)18-14(19)9(3)22-10-5-6-11(16)12(17)7-10/h5-9,13H,4H2,1-3H3,(H,18,19)(H,20,21)/t8-,9?,13-/m0/s1. The molecule has 0 bridgehead atoms. The van der Waals surface area contributed by atoms with Crippen LogP contribution in [-0.4, -0.2) is 29.1 Å². The van der Waals surface area contributed by atoms with E-state index in [-0.39, 0.29) is 11.7 Å². The van der Waals surface area contributed by atoms with Crippen molar-refractivity contribution >= 4 is 11.9 Å². The largest absolute Gasteiger partial charge is 0.481 e. The highest BCUT2D eigenvalue weighted by molar-refractivity contribution is 5.86. The van der Waals surface area contributed by atoms with Crippen molar-refractivity contribution in [2.75, 3.05) is 0 Å². The molecule has 0 radical (unpaired) electrons. The lowest BCUT2D eigenvalue weighted by Gasteiger charge is -2.22. The van der Waals surface area contributed by atoms with E-state index in [1.807, 2.05) is 6.92 Å². The number of carboxylic acid groups (broad SMARTS) is 1. The zero-order valence-corrected chi connectivity index (χ0v) is 12.6. The first-order valence-electron chi connectivity index (χ1n) is 6.91. The first-order valence-corrected chi connectivity index (χ1v) is 6.91. The fourth-order valence-corrected chi connectivity index (χ4v) is 1.76. The molecular weight excluding hydrogens is 296 g/mol.